The number of hydrogen-bond acceptors (Lipinski definition) is 11. The number of carbonyl (C=O) groups is 1. The minimum atomic E-state index is -1.46. The predicted octanol–water partition coefficient (Wildman–Crippen LogP) is 1.12. The van der Waals surface area contributed by atoms with E-state index in [1.165, 1.54) is 26.2 Å². The van der Waals surface area contributed by atoms with Crippen LogP contribution in [-0.4, -0.2) is 118 Å². The average molecular weight is 618 g/mol. The van der Waals surface area contributed by atoms with Gasteiger partial charge < -0.3 is 54.5 Å². The summed E-state index contributed by atoms with van der Waals surface area (Å²) in [5.41, 5.74) is 0. The van der Waals surface area contributed by atoms with Crippen molar-refractivity contribution in [3.63, 3.8) is 0 Å². The van der Waals surface area contributed by atoms with Gasteiger partial charge in [-0.25, -0.2) is 0 Å². The van der Waals surface area contributed by atoms with Crippen LogP contribution in [0.5, 0.6) is 0 Å². The van der Waals surface area contributed by atoms with Crippen LogP contribution in [0.15, 0.2) is 0 Å². The molecule has 4 rings (SSSR count). The summed E-state index contributed by atoms with van der Waals surface area (Å²) in [7, 11) is 0. The Morgan fingerprint density at radius 3 is 2.26 bits per heavy atom. The summed E-state index contributed by atoms with van der Waals surface area (Å²) in [6.45, 7) is 6.53. The summed E-state index contributed by atoms with van der Waals surface area (Å²) in [6, 6.07) is -0.861. The van der Waals surface area contributed by atoms with Gasteiger partial charge in [-0.15, -0.1) is 0 Å². The maximum atomic E-state index is 12.4. The molecule has 0 aromatic heterocycles. The Bertz CT molecular complexity index is 860. The molecule has 6 N–H and O–H groups in total. The van der Waals surface area contributed by atoms with Gasteiger partial charge in [0.25, 0.3) is 0 Å². The highest BCUT2D eigenvalue weighted by Gasteiger charge is 2.51. The highest BCUT2D eigenvalue weighted by Crippen LogP contribution is 2.37. The molecule has 12 nitrogen and oxygen atoms in total. The third-order valence-electron chi connectivity index (χ3n) is 9.83. The molecule has 2 aliphatic carbocycles. The molecule has 0 spiro atoms. The van der Waals surface area contributed by atoms with Crippen LogP contribution in [0.4, 0.5) is 0 Å². The Morgan fingerprint density at radius 2 is 1.60 bits per heavy atom. The molecule has 2 saturated carbocycles. The Kier molecular flexibility index (Phi) is 13.1. The van der Waals surface area contributed by atoms with Gasteiger partial charge in [0, 0.05) is 6.92 Å². The molecule has 14 unspecified atom stereocenters. The lowest BCUT2D eigenvalue weighted by molar-refractivity contribution is -0.337. The molecular weight excluding hydrogens is 562 g/mol. The van der Waals surface area contributed by atoms with Gasteiger partial charge in [0.05, 0.1) is 31.0 Å². The minimum absolute atomic E-state index is 0.0402. The first kappa shape index (κ1) is 34.9. The number of nitrogens with one attached hydrogen (secondary N) is 1. The lowest BCUT2D eigenvalue weighted by Gasteiger charge is -2.48. The Labute approximate surface area is 255 Å². The Balaban J connectivity index is 1.53. The van der Waals surface area contributed by atoms with Crippen LogP contribution < -0.4 is 5.32 Å². The van der Waals surface area contributed by atoms with Crippen LogP contribution >= 0.6 is 0 Å². The summed E-state index contributed by atoms with van der Waals surface area (Å²) < 4.78 is 31.2. The van der Waals surface area contributed by atoms with E-state index in [-0.39, 0.29) is 17.9 Å². The molecule has 4 aliphatic rings. The van der Waals surface area contributed by atoms with E-state index in [4.69, 9.17) is 23.7 Å². The second-order valence-corrected chi connectivity index (χ2v) is 13.1. The van der Waals surface area contributed by atoms with E-state index >= 15 is 0 Å². The lowest BCUT2D eigenvalue weighted by Crippen LogP contribution is -2.67. The van der Waals surface area contributed by atoms with E-state index < -0.39 is 80.2 Å². The summed E-state index contributed by atoms with van der Waals surface area (Å²) in [4.78, 5) is 12.4. The maximum Gasteiger partial charge on any atom is 0.217 e. The summed E-state index contributed by atoms with van der Waals surface area (Å²) in [5, 5.41) is 55.4. The second kappa shape index (κ2) is 16.1. The van der Waals surface area contributed by atoms with Crippen LogP contribution in [-0.2, 0) is 28.5 Å². The van der Waals surface area contributed by atoms with E-state index in [1.807, 2.05) is 13.8 Å². The largest absolute Gasteiger partial charge is 0.394 e. The molecule has 2 aliphatic heterocycles. The van der Waals surface area contributed by atoms with Gasteiger partial charge in [0.15, 0.2) is 12.6 Å². The zero-order valence-corrected chi connectivity index (χ0v) is 26.1. The van der Waals surface area contributed by atoms with Crippen molar-refractivity contribution in [2.75, 3.05) is 6.61 Å². The van der Waals surface area contributed by atoms with Crippen LogP contribution in [0, 0.1) is 11.8 Å². The molecule has 250 valence electrons. The van der Waals surface area contributed by atoms with E-state index in [9.17, 15) is 30.3 Å². The second-order valence-electron chi connectivity index (χ2n) is 13.1. The molecule has 0 bridgehead atoms. The highest BCUT2D eigenvalue weighted by atomic mass is 16.7. The van der Waals surface area contributed by atoms with Gasteiger partial charge in [0.1, 0.15) is 42.7 Å². The fraction of sp³-hybridized carbons (Fsp3) is 0.968. The quantitative estimate of drug-likeness (QED) is 0.196. The number of rotatable bonds is 11. The normalized spacial score (nSPS) is 43.7. The van der Waals surface area contributed by atoms with Crippen molar-refractivity contribution in [3.8, 4) is 0 Å². The SMILES string of the molecule is CCC1CCCC(OC2OC(CO)C(O)C(OC(C)CC3CCCCC3)C2NC(C)=O)C1OC1OC(C)C(O)C(O)C1O. The van der Waals surface area contributed by atoms with E-state index in [2.05, 4.69) is 5.32 Å². The van der Waals surface area contributed by atoms with Crippen molar-refractivity contribution in [2.45, 2.75) is 172 Å². The number of hydrogen-bond donors (Lipinski definition) is 6. The van der Waals surface area contributed by atoms with Crippen molar-refractivity contribution in [1.29, 1.82) is 0 Å². The lowest BCUT2D eigenvalue weighted by atomic mass is 9.82. The maximum absolute atomic E-state index is 12.4. The van der Waals surface area contributed by atoms with Crippen molar-refractivity contribution < 1.29 is 54.0 Å². The van der Waals surface area contributed by atoms with Gasteiger partial charge in [-0.2, -0.15) is 0 Å². The van der Waals surface area contributed by atoms with Gasteiger partial charge in [0.2, 0.25) is 5.91 Å². The molecule has 0 aromatic carbocycles. The van der Waals surface area contributed by atoms with Crippen molar-refractivity contribution in [2.24, 2.45) is 11.8 Å². The molecule has 12 heteroatoms. The molecule has 1 amide bonds. The predicted molar refractivity (Wildman–Crippen MR) is 155 cm³/mol. The summed E-state index contributed by atoms with van der Waals surface area (Å²) in [6.07, 6.45) is -1.64. The van der Waals surface area contributed by atoms with Gasteiger partial charge >= 0.3 is 0 Å². The fourth-order valence-electron chi connectivity index (χ4n) is 7.40. The topological polar surface area (TPSA) is 176 Å². The number of carbonyl (C=O) groups excluding carboxylic acids is 1. The van der Waals surface area contributed by atoms with E-state index in [0.717, 1.165) is 38.5 Å². The van der Waals surface area contributed by atoms with Crippen LogP contribution in [0.1, 0.15) is 91.9 Å². The molecule has 0 radical (unpaired) electrons. The van der Waals surface area contributed by atoms with Crippen LogP contribution in [0.25, 0.3) is 0 Å². The molecular formula is C31H55NO11. The first-order chi connectivity index (χ1) is 20.5. The van der Waals surface area contributed by atoms with Crippen molar-refractivity contribution >= 4 is 5.91 Å². The number of ether oxygens (including phenoxy) is 5. The average Bonchev–Trinajstić information content (AvgIpc) is 2.98. The van der Waals surface area contributed by atoms with Gasteiger partial charge in [-0.1, -0.05) is 51.9 Å². The third-order valence-corrected chi connectivity index (χ3v) is 9.83. The number of aliphatic hydroxyl groups is 5. The Morgan fingerprint density at radius 1 is 0.884 bits per heavy atom. The molecule has 14 atom stereocenters. The van der Waals surface area contributed by atoms with Crippen LogP contribution in [0.2, 0.25) is 0 Å². The first-order valence-corrected chi connectivity index (χ1v) is 16.4. The molecule has 2 saturated heterocycles. The number of amides is 1. The highest BCUT2D eigenvalue weighted by molar-refractivity contribution is 5.73. The van der Waals surface area contributed by atoms with Crippen molar-refractivity contribution in [3.05, 3.63) is 0 Å². The first-order valence-electron chi connectivity index (χ1n) is 16.4. The third kappa shape index (κ3) is 8.66. The summed E-state index contributed by atoms with van der Waals surface area (Å²) in [5.74, 6) is 0.249. The minimum Gasteiger partial charge on any atom is -0.394 e. The van der Waals surface area contributed by atoms with Gasteiger partial charge in [-0.3, -0.25) is 4.79 Å². The number of aliphatic hydroxyl groups excluding tert-OH is 5. The van der Waals surface area contributed by atoms with Gasteiger partial charge in [-0.05, 0) is 44.9 Å². The van der Waals surface area contributed by atoms with Crippen LogP contribution in [0.3, 0.4) is 0 Å². The van der Waals surface area contributed by atoms with E-state index in [1.54, 1.807) is 6.92 Å². The van der Waals surface area contributed by atoms with Crippen molar-refractivity contribution in [1.82, 2.24) is 5.32 Å². The fourth-order valence-corrected chi connectivity index (χ4v) is 7.40. The monoisotopic (exact) mass is 617 g/mol. The smallest absolute Gasteiger partial charge is 0.217 e. The Hall–Kier alpha value is -0.930. The summed E-state index contributed by atoms with van der Waals surface area (Å²) >= 11 is 0. The molecule has 0 aromatic rings. The standard InChI is InChI=1S/C31H55NO11/c1-5-20-12-9-13-21(28(20)43-31-27(38)26(37)24(35)17(3)40-31)41-30-23(32-18(4)34)29(25(36)22(15-33)42-30)39-16(2)14-19-10-7-6-8-11-19/h16-17,19-31,33,35-38H,5-15H2,1-4H3,(H,32,34). The molecule has 4 fully saturated rings. The van der Waals surface area contributed by atoms with E-state index in [0.29, 0.717) is 12.3 Å². The zero-order valence-electron chi connectivity index (χ0n) is 26.1. The molecule has 43 heavy (non-hydrogen) atoms. The molecule has 2 heterocycles. The zero-order chi connectivity index (χ0) is 31.3.